The van der Waals surface area contributed by atoms with Gasteiger partial charge in [-0.15, -0.1) is 0 Å². The summed E-state index contributed by atoms with van der Waals surface area (Å²) in [6.07, 6.45) is 2.10. The van der Waals surface area contributed by atoms with Crippen LogP contribution in [0.1, 0.15) is 40.0 Å². The first kappa shape index (κ1) is 22.4. The zero-order valence-electron chi connectivity index (χ0n) is 17.4. The lowest BCUT2D eigenvalue weighted by Gasteiger charge is -2.24. The summed E-state index contributed by atoms with van der Waals surface area (Å²) in [5, 5.41) is 5.47. The summed E-state index contributed by atoms with van der Waals surface area (Å²) in [6, 6.07) is 11.6. The Kier molecular flexibility index (Phi) is 7.72. The summed E-state index contributed by atoms with van der Waals surface area (Å²) < 4.78 is 18.7. The number of nitrogens with zero attached hydrogens (tertiary/aromatic N) is 1. The van der Waals surface area contributed by atoms with Gasteiger partial charge < -0.3 is 20.3 Å². The van der Waals surface area contributed by atoms with Crippen molar-refractivity contribution in [1.82, 2.24) is 10.2 Å². The van der Waals surface area contributed by atoms with E-state index in [0.29, 0.717) is 43.8 Å². The van der Waals surface area contributed by atoms with Crippen molar-refractivity contribution in [2.24, 2.45) is 0 Å². The number of hydrogen-bond acceptors (Lipinski definition) is 4. The Hall–Kier alpha value is -3.26. The van der Waals surface area contributed by atoms with Crippen LogP contribution in [0.5, 0.6) is 0 Å². The number of benzene rings is 2. The zero-order chi connectivity index (χ0) is 22.2. The van der Waals surface area contributed by atoms with E-state index in [2.05, 4.69) is 10.6 Å². The van der Waals surface area contributed by atoms with E-state index >= 15 is 0 Å². The summed E-state index contributed by atoms with van der Waals surface area (Å²) in [6.45, 7) is 1.58. The molecule has 1 aliphatic heterocycles. The Labute approximate surface area is 180 Å². The number of rotatable bonds is 8. The molecule has 1 aliphatic rings. The van der Waals surface area contributed by atoms with Gasteiger partial charge >= 0.3 is 0 Å². The lowest BCUT2D eigenvalue weighted by molar-refractivity contribution is -0.124. The third-order valence-electron chi connectivity index (χ3n) is 5.15. The Morgan fingerprint density at radius 1 is 1.13 bits per heavy atom. The van der Waals surface area contributed by atoms with Crippen molar-refractivity contribution in [3.05, 3.63) is 65.5 Å². The average molecular weight is 427 g/mol. The monoisotopic (exact) mass is 427 g/mol. The summed E-state index contributed by atoms with van der Waals surface area (Å²) in [4.78, 5) is 39.2. The molecule has 31 heavy (non-hydrogen) atoms. The lowest BCUT2D eigenvalue weighted by atomic mass is 10.1. The van der Waals surface area contributed by atoms with Crippen LogP contribution in [0.3, 0.4) is 0 Å². The van der Waals surface area contributed by atoms with Gasteiger partial charge in [0, 0.05) is 38.1 Å². The first-order valence-corrected chi connectivity index (χ1v) is 10.2. The number of hydrogen-bond donors (Lipinski definition) is 2. The molecule has 8 heteroatoms. The molecule has 1 atom stereocenters. The van der Waals surface area contributed by atoms with Crippen LogP contribution in [0.4, 0.5) is 10.1 Å². The van der Waals surface area contributed by atoms with Gasteiger partial charge in [-0.3, -0.25) is 14.4 Å². The van der Waals surface area contributed by atoms with Crippen LogP contribution in [-0.4, -0.2) is 55.5 Å². The highest BCUT2D eigenvalue weighted by Crippen LogP contribution is 2.21. The largest absolute Gasteiger partial charge is 0.385 e. The van der Waals surface area contributed by atoms with Gasteiger partial charge in [0.15, 0.2) is 0 Å². The van der Waals surface area contributed by atoms with E-state index in [1.54, 1.807) is 42.3 Å². The number of ether oxygens (including phenoxy) is 1. The molecular formula is C23H26FN3O4. The van der Waals surface area contributed by atoms with Crippen molar-refractivity contribution in [2.75, 3.05) is 32.1 Å². The molecule has 0 aromatic heterocycles. The maximum atomic E-state index is 13.8. The van der Waals surface area contributed by atoms with E-state index in [0.717, 1.165) is 6.42 Å². The molecule has 0 saturated carbocycles. The average Bonchev–Trinajstić information content (AvgIpc) is 3.27. The summed E-state index contributed by atoms with van der Waals surface area (Å²) in [7, 11) is 1.61. The molecular weight excluding hydrogens is 401 g/mol. The third-order valence-corrected chi connectivity index (χ3v) is 5.15. The lowest BCUT2D eigenvalue weighted by Crippen LogP contribution is -2.46. The molecule has 164 valence electrons. The maximum Gasteiger partial charge on any atom is 0.258 e. The van der Waals surface area contributed by atoms with Crippen molar-refractivity contribution in [3.8, 4) is 0 Å². The van der Waals surface area contributed by atoms with Crippen molar-refractivity contribution < 1.29 is 23.5 Å². The van der Waals surface area contributed by atoms with Gasteiger partial charge in [-0.05, 0) is 55.7 Å². The molecule has 2 aromatic rings. The number of halogens is 1. The first-order valence-electron chi connectivity index (χ1n) is 10.2. The fourth-order valence-corrected chi connectivity index (χ4v) is 3.53. The van der Waals surface area contributed by atoms with Crippen LogP contribution >= 0.6 is 0 Å². The highest BCUT2D eigenvalue weighted by Gasteiger charge is 2.34. The van der Waals surface area contributed by atoms with E-state index in [-0.39, 0.29) is 17.4 Å². The fraction of sp³-hybridized carbons (Fsp3) is 0.348. The second-order valence-electron chi connectivity index (χ2n) is 7.31. The third kappa shape index (κ3) is 5.67. The second kappa shape index (κ2) is 10.7. The van der Waals surface area contributed by atoms with Crippen LogP contribution in [0.2, 0.25) is 0 Å². The van der Waals surface area contributed by atoms with Gasteiger partial charge in [0.1, 0.15) is 11.9 Å². The molecule has 0 bridgehead atoms. The molecule has 0 unspecified atom stereocenters. The topological polar surface area (TPSA) is 87.7 Å². The van der Waals surface area contributed by atoms with E-state index in [4.69, 9.17) is 4.74 Å². The van der Waals surface area contributed by atoms with E-state index in [1.165, 1.54) is 18.2 Å². The summed E-state index contributed by atoms with van der Waals surface area (Å²) in [5.41, 5.74) is 0.806. The van der Waals surface area contributed by atoms with E-state index < -0.39 is 17.8 Å². The van der Waals surface area contributed by atoms with E-state index in [1.807, 2.05) is 0 Å². The Bertz CT molecular complexity index is 933. The normalized spacial score (nSPS) is 15.5. The predicted molar refractivity (Wildman–Crippen MR) is 114 cm³/mol. The van der Waals surface area contributed by atoms with Gasteiger partial charge in [0.25, 0.3) is 11.8 Å². The first-order chi connectivity index (χ1) is 15.0. The van der Waals surface area contributed by atoms with Gasteiger partial charge in [0.05, 0.1) is 5.56 Å². The molecule has 0 radical (unpaired) electrons. The Balaban J connectivity index is 1.61. The smallest absolute Gasteiger partial charge is 0.258 e. The van der Waals surface area contributed by atoms with E-state index in [9.17, 15) is 18.8 Å². The summed E-state index contributed by atoms with van der Waals surface area (Å²) in [5.74, 6) is -1.56. The zero-order valence-corrected chi connectivity index (χ0v) is 17.4. The number of carbonyl (C=O) groups is 3. The molecule has 1 heterocycles. The molecule has 3 amide bonds. The van der Waals surface area contributed by atoms with Crippen LogP contribution in [0, 0.1) is 5.82 Å². The standard InChI is InChI=1S/C23H26FN3O4/c1-31-15-5-13-25-22(29)20-8-4-14-27(20)23(30)16-9-11-17(12-10-16)26-21(28)18-6-2-3-7-19(18)24/h2-3,6-7,9-12,20H,4-5,8,13-15H2,1H3,(H,25,29)(H,26,28)/t20-/m1/s1. The second-order valence-corrected chi connectivity index (χ2v) is 7.31. The highest BCUT2D eigenvalue weighted by molar-refractivity contribution is 6.05. The molecule has 0 spiro atoms. The van der Waals surface area contributed by atoms with Gasteiger partial charge in [-0.2, -0.15) is 0 Å². The highest BCUT2D eigenvalue weighted by atomic mass is 19.1. The van der Waals surface area contributed by atoms with Crippen molar-refractivity contribution >= 4 is 23.4 Å². The van der Waals surface area contributed by atoms with Crippen LogP contribution in [-0.2, 0) is 9.53 Å². The molecule has 1 saturated heterocycles. The van der Waals surface area contributed by atoms with Crippen LogP contribution < -0.4 is 10.6 Å². The molecule has 7 nitrogen and oxygen atoms in total. The van der Waals surface area contributed by atoms with Crippen molar-refractivity contribution in [2.45, 2.75) is 25.3 Å². The molecule has 0 aliphatic carbocycles. The Morgan fingerprint density at radius 3 is 2.58 bits per heavy atom. The quantitative estimate of drug-likeness (QED) is 0.634. The van der Waals surface area contributed by atoms with Gasteiger partial charge in [-0.25, -0.2) is 4.39 Å². The van der Waals surface area contributed by atoms with Crippen molar-refractivity contribution in [3.63, 3.8) is 0 Å². The molecule has 2 aromatic carbocycles. The number of anilines is 1. The maximum absolute atomic E-state index is 13.8. The van der Waals surface area contributed by atoms with Gasteiger partial charge in [-0.1, -0.05) is 12.1 Å². The number of carbonyl (C=O) groups excluding carboxylic acids is 3. The van der Waals surface area contributed by atoms with Gasteiger partial charge in [0.2, 0.25) is 5.91 Å². The van der Waals surface area contributed by atoms with Crippen molar-refractivity contribution in [1.29, 1.82) is 0 Å². The number of amides is 3. The van der Waals surface area contributed by atoms with Crippen LogP contribution in [0.25, 0.3) is 0 Å². The molecule has 1 fully saturated rings. The molecule has 2 N–H and O–H groups in total. The summed E-state index contributed by atoms with van der Waals surface area (Å²) >= 11 is 0. The predicted octanol–water partition coefficient (Wildman–Crippen LogP) is 2.84. The number of nitrogens with one attached hydrogen (secondary N) is 2. The molecule has 3 rings (SSSR count). The SMILES string of the molecule is COCCCNC(=O)[C@H]1CCCN1C(=O)c1ccc(NC(=O)c2ccccc2F)cc1. The number of methoxy groups -OCH3 is 1. The van der Waals surface area contributed by atoms with Crippen LogP contribution in [0.15, 0.2) is 48.5 Å². The Morgan fingerprint density at radius 2 is 1.87 bits per heavy atom. The minimum Gasteiger partial charge on any atom is -0.385 e. The number of likely N-dealkylation sites (tertiary alicyclic amines) is 1. The minimum atomic E-state index is -0.604. The minimum absolute atomic E-state index is 0.0564. The fourth-order valence-electron chi connectivity index (χ4n) is 3.53.